The first-order chi connectivity index (χ1) is 13.3. The van der Waals surface area contributed by atoms with E-state index in [0.717, 1.165) is 5.56 Å². The van der Waals surface area contributed by atoms with Gasteiger partial charge in [0.2, 0.25) is 17.7 Å². The van der Waals surface area contributed by atoms with E-state index in [4.69, 9.17) is 15.5 Å². The number of benzene rings is 1. The molecule has 2 aliphatic heterocycles. The molecule has 0 spiro atoms. The SMILES string of the molecule is COc1nc(N2CC3SN(C)C(N)=NC3(c3ccc(F)cc3)C2)nc(C)c1F. The molecule has 1 aromatic heterocycles. The van der Waals surface area contributed by atoms with E-state index in [0.29, 0.717) is 25.0 Å². The Morgan fingerprint density at radius 2 is 1.96 bits per heavy atom. The molecule has 2 unspecified atom stereocenters. The molecular weight excluding hydrogens is 386 g/mol. The van der Waals surface area contributed by atoms with Gasteiger partial charge in [0.1, 0.15) is 11.4 Å². The molecule has 0 aliphatic carbocycles. The molecule has 10 heteroatoms. The van der Waals surface area contributed by atoms with Gasteiger partial charge in [-0.25, -0.2) is 14.4 Å². The molecule has 2 N–H and O–H groups in total. The van der Waals surface area contributed by atoms with Crippen molar-refractivity contribution in [3.63, 3.8) is 0 Å². The monoisotopic (exact) mass is 406 g/mol. The van der Waals surface area contributed by atoms with E-state index in [1.165, 1.54) is 19.2 Å². The van der Waals surface area contributed by atoms with Crippen LogP contribution in [0.2, 0.25) is 0 Å². The van der Waals surface area contributed by atoms with E-state index < -0.39 is 11.4 Å². The molecule has 0 bridgehead atoms. The minimum Gasteiger partial charge on any atom is -0.479 e. The van der Waals surface area contributed by atoms with Gasteiger partial charge in [-0.15, -0.1) is 0 Å². The maximum atomic E-state index is 14.1. The van der Waals surface area contributed by atoms with Crippen LogP contribution in [0.15, 0.2) is 29.3 Å². The summed E-state index contributed by atoms with van der Waals surface area (Å²) in [4.78, 5) is 15.2. The van der Waals surface area contributed by atoms with Crippen LogP contribution in [0.1, 0.15) is 11.3 Å². The van der Waals surface area contributed by atoms with E-state index >= 15 is 0 Å². The fraction of sp³-hybridized carbons (Fsp3) is 0.389. The number of fused-ring (bicyclic) bond motifs is 1. The Bertz CT molecular complexity index is 940. The zero-order chi connectivity index (χ0) is 20.1. The molecule has 2 atom stereocenters. The minimum absolute atomic E-state index is 0.00443. The van der Waals surface area contributed by atoms with Crippen LogP contribution in [0, 0.1) is 18.6 Å². The van der Waals surface area contributed by atoms with Crippen LogP contribution in [-0.2, 0) is 5.54 Å². The van der Waals surface area contributed by atoms with Gasteiger partial charge in [0, 0.05) is 13.6 Å². The Kier molecular flexibility index (Phi) is 4.53. The summed E-state index contributed by atoms with van der Waals surface area (Å²) in [7, 11) is 3.22. The van der Waals surface area contributed by atoms with Crippen LogP contribution in [-0.4, -0.2) is 52.7 Å². The third-order valence-electron chi connectivity index (χ3n) is 5.07. The highest BCUT2D eigenvalue weighted by Crippen LogP contribution is 2.47. The van der Waals surface area contributed by atoms with Crippen molar-refractivity contribution in [1.29, 1.82) is 0 Å². The second-order valence-corrected chi connectivity index (χ2v) is 8.13. The largest absolute Gasteiger partial charge is 0.479 e. The Morgan fingerprint density at radius 1 is 1.25 bits per heavy atom. The van der Waals surface area contributed by atoms with Crippen molar-refractivity contribution in [3.05, 3.63) is 47.2 Å². The predicted octanol–water partition coefficient (Wildman–Crippen LogP) is 2.06. The van der Waals surface area contributed by atoms with Crippen molar-refractivity contribution in [2.24, 2.45) is 10.7 Å². The van der Waals surface area contributed by atoms with Gasteiger partial charge in [-0.05, 0) is 36.6 Å². The molecule has 0 radical (unpaired) electrons. The highest BCUT2D eigenvalue weighted by Gasteiger charge is 2.52. The molecule has 148 valence electrons. The summed E-state index contributed by atoms with van der Waals surface area (Å²) in [5.74, 6) is -0.232. The van der Waals surface area contributed by atoms with Crippen molar-refractivity contribution < 1.29 is 13.5 Å². The number of halogens is 2. The lowest BCUT2D eigenvalue weighted by Crippen LogP contribution is -2.46. The molecular formula is C18H20F2N6OS. The number of ether oxygens (including phenoxy) is 1. The summed E-state index contributed by atoms with van der Waals surface area (Å²) in [5, 5.41) is -0.00443. The Balaban J connectivity index is 1.78. The minimum atomic E-state index is -0.687. The van der Waals surface area contributed by atoms with Crippen LogP contribution < -0.4 is 15.4 Å². The summed E-state index contributed by atoms with van der Waals surface area (Å²) in [6.07, 6.45) is 0. The normalized spacial score (nSPS) is 24.2. The first-order valence-electron chi connectivity index (χ1n) is 8.69. The third-order valence-corrected chi connectivity index (χ3v) is 6.36. The van der Waals surface area contributed by atoms with Gasteiger partial charge in [-0.3, -0.25) is 4.31 Å². The molecule has 28 heavy (non-hydrogen) atoms. The number of hydrogen-bond donors (Lipinski definition) is 1. The number of hydrogen-bond acceptors (Lipinski definition) is 8. The third kappa shape index (κ3) is 2.92. The number of methoxy groups -OCH3 is 1. The average molecular weight is 406 g/mol. The molecule has 2 aliphatic rings. The van der Waals surface area contributed by atoms with E-state index in [-0.39, 0.29) is 22.6 Å². The van der Waals surface area contributed by atoms with Gasteiger partial charge in [0.05, 0.1) is 24.6 Å². The zero-order valence-electron chi connectivity index (χ0n) is 15.7. The summed E-state index contributed by atoms with van der Waals surface area (Å²) >= 11 is 1.56. The molecule has 1 aromatic carbocycles. The van der Waals surface area contributed by atoms with Crippen molar-refractivity contribution in [2.75, 3.05) is 32.1 Å². The van der Waals surface area contributed by atoms with Gasteiger partial charge < -0.3 is 15.4 Å². The van der Waals surface area contributed by atoms with Crippen LogP contribution in [0.25, 0.3) is 0 Å². The van der Waals surface area contributed by atoms with Crippen molar-refractivity contribution >= 4 is 23.9 Å². The smallest absolute Gasteiger partial charge is 0.255 e. The van der Waals surface area contributed by atoms with E-state index in [2.05, 4.69) is 9.97 Å². The van der Waals surface area contributed by atoms with Crippen LogP contribution in [0.5, 0.6) is 5.88 Å². The number of rotatable bonds is 3. The Hall–Kier alpha value is -2.62. The quantitative estimate of drug-likeness (QED) is 0.782. The van der Waals surface area contributed by atoms with Gasteiger partial charge in [0.15, 0.2) is 0 Å². The van der Waals surface area contributed by atoms with E-state index in [9.17, 15) is 8.78 Å². The van der Waals surface area contributed by atoms with Crippen LogP contribution >= 0.6 is 11.9 Å². The number of nitrogens with zero attached hydrogens (tertiary/aromatic N) is 5. The van der Waals surface area contributed by atoms with E-state index in [1.54, 1.807) is 31.0 Å². The lowest BCUT2D eigenvalue weighted by Gasteiger charge is -2.38. The topological polar surface area (TPSA) is 79.9 Å². The average Bonchev–Trinajstić information content (AvgIpc) is 3.04. The predicted molar refractivity (Wildman–Crippen MR) is 104 cm³/mol. The Labute approximate surface area is 165 Å². The van der Waals surface area contributed by atoms with Gasteiger partial charge >= 0.3 is 0 Å². The number of anilines is 1. The first kappa shape index (κ1) is 18.7. The van der Waals surface area contributed by atoms with Crippen molar-refractivity contribution in [1.82, 2.24) is 14.3 Å². The lowest BCUT2D eigenvalue weighted by molar-refractivity contribution is 0.365. The number of aryl methyl sites for hydroxylation is 1. The summed E-state index contributed by atoms with van der Waals surface area (Å²) in [5.41, 5.74) is 6.50. The molecule has 1 saturated heterocycles. The number of aromatic nitrogens is 2. The molecule has 7 nitrogen and oxygen atoms in total. The number of nitrogens with two attached hydrogens (primary N) is 1. The van der Waals surface area contributed by atoms with Crippen LogP contribution in [0.3, 0.4) is 0 Å². The highest BCUT2D eigenvalue weighted by atomic mass is 32.2. The standard InChI is InChI=1S/C18H20F2N6OS/c1-10-14(20)15(27-3)23-17(22-10)26-8-13-18(9-26,24-16(21)25(2)28-13)11-4-6-12(19)7-5-11/h4-7,13H,8-9H2,1-3H3,(H2,21,24). The van der Waals surface area contributed by atoms with Gasteiger partial charge in [-0.1, -0.05) is 12.1 Å². The van der Waals surface area contributed by atoms with Gasteiger partial charge in [0.25, 0.3) is 5.88 Å². The second-order valence-electron chi connectivity index (χ2n) is 6.81. The Morgan fingerprint density at radius 3 is 2.64 bits per heavy atom. The number of guanidine groups is 1. The number of aliphatic imine (C=N–C) groups is 1. The highest BCUT2D eigenvalue weighted by molar-refractivity contribution is 7.98. The van der Waals surface area contributed by atoms with Crippen molar-refractivity contribution in [3.8, 4) is 5.88 Å². The molecule has 0 amide bonds. The summed E-state index contributed by atoms with van der Waals surface area (Å²) in [6, 6.07) is 6.29. The maximum absolute atomic E-state index is 14.1. The fourth-order valence-electron chi connectivity index (χ4n) is 3.58. The first-order valence-corrected chi connectivity index (χ1v) is 9.52. The molecule has 1 fully saturated rings. The molecule has 2 aromatic rings. The van der Waals surface area contributed by atoms with E-state index in [1.807, 2.05) is 16.3 Å². The molecule has 3 heterocycles. The maximum Gasteiger partial charge on any atom is 0.255 e. The molecule has 0 saturated carbocycles. The molecule has 4 rings (SSSR count). The summed E-state index contributed by atoms with van der Waals surface area (Å²) < 4.78 is 34.4. The second kappa shape index (κ2) is 6.77. The van der Waals surface area contributed by atoms with Crippen LogP contribution in [0.4, 0.5) is 14.7 Å². The summed E-state index contributed by atoms with van der Waals surface area (Å²) in [6.45, 7) is 2.57. The van der Waals surface area contributed by atoms with Crippen molar-refractivity contribution in [2.45, 2.75) is 17.7 Å². The zero-order valence-corrected chi connectivity index (χ0v) is 16.5. The van der Waals surface area contributed by atoms with Gasteiger partial charge in [-0.2, -0.15) is 9.37 Å². The fourth-order valence-corrected chi connectivity index (χ4v) is 4.80. The lowest BCUT2D eigenvalue weighted by atomic mass is 9.89.